The molecule has 126 valence electrons. The van der Waals surface area contributed by atoms with Crippen LogP contribution in [0.15, 0.2) is 23.6 Å². The number of aromatic amines is 1. The number of hydrogen-bond donors (Lipinski definition) is 2. The summed E-state index contributed by atoms with van der Waals surface area (Å²) in [5.41, 5.74) is 4.43. The molecule has 24 heavy (non-hydrogen) atoms. The quantitative estimate of drug-likeness (QED) is 0.580. The van der Waals surface area contributed by atoms with Crippen molar-refractivity contribution in [1.82, 2.24) is 9.97 Å². The highest BCUT2D eigenvalue weighted by molar-refractivity contribution is 7.14. The summed E-state index contributed by atoms with van der Waals surface area (Å²) >= 11 is 7.89. The van der Waals surface area contributed by atoms with Gasteiger partial charge in [0.15, 0.2) is 5.13 Å². The van der Waals surface area contributed by atoms with Crippen molar-refractivity contribution >= 4 is 39.0 Å². The topological polar surface area (TPSA) is 40.7 Å². The second-order valence-corrected chi connectivity index (χ2v) is 8.26. The second-order valence-electron chi connectivity index (χ2n) is 6.97. The van der Waals surface area contributed by atoms with Gasteiger partial charge in [-0.1, -0.05) is 31.4 Å². The molecule has 0 radical (unpaired) electrons. The van der Waals surface area contributed by atoms with Crippen LogP contribution in [0.3, 0.4) is 0 Å². The number of thiazole rings is 1. The van der Waals surface area contributed by atoms with E-state index in [0.717, 1.165) is 43.9 Å². The van der Waals surface area contributed by atoms with Crippen LogP contribution in [0, 0.1) is 12.8 Å². The Morgan fingerprint density at radius 3 is 3.04 bits per heavy atom. The highest BCUT2D eigenvalue weighted by atomic mass is 35.5. The molecule has 3 nitrogen and oxygen atoms in total. The third-order valence-corrected chi connectivity index (χ3v) is 5.98. The van der Waals surface area contributed by atoms with Gasteiger partial charge in [-0.25, -0.2) is 4.98 Å². The largest absolute Gasteiger partial charge is 0.359 e. The second kappa shape index (κ2) is 6.41. The minimum Gasteiger partial charge on any atom is -0.359 e. The Labute approximate surface area is 151 Å². The summed E-state index contributed by atoms with van der Waals surface area (Å²) in [6, 6.07) is 6.53. The fraction of sp³-hybridized carbons (Fsp3) is 0.421. The van der Waals surface area contributed by atoms with Crippen molar-refractivity contribution in [3.8, 4) is 11.3 Å². The van der Waals surface area contributed by atoms with E-state index in [0.29, 0.717) is 6.04 Å². The summed E-state index contributed by atoms with van der Waals surface area (Å²) in [7, 11) is 0. The van der Waals surface area contributed by atoms with Gasteiger partial charge in [0, 0.05) is 38.6 Å². The minimum atomic E-state index is 0.561. The van der Waals surface area contributed by atoms with Crippen LogP contribution in [0.1, 0.15) is 38.3 Å². The number of rotatable bonds is 3. The lowest BCUT2D eigenvalue weighted by molar-refractivity contribution is 0.358. The van der Waals surface area contributed by atoms with E-state index in [4.69, 9.17) is 16.6 Å². The summed E-state index contributed by atoms with van der Waals surface area (Å²) in [4.78, 5) is 8.29. The number of anilines is 1. The molecule has 1 aromatic carbocycles. The molecule has 2 N–H and O–H groups in total. The van der Waals surface area contributed by atoms with Crippen LogP contribution in [-0.2, 0) is 0 Å². The van der Waals surface area contributed by atoms with Crippen molar-refractivity contribution in [1.29, 1.82) is 0 Å². The molecule has 0 saturated heterocycles. The molecule has 2 atom stereocenters. The molecule has 2 aromatic heterocycles. The van der Waals surface area contributed by atoms with E-state index < -0.39 is 0 Å². The van der Waals surface area contributed by atoms with Crippen molar-refractivity contribution in [2.24, 2.45) is 5.92 Å². The van der Waals surface area contributed by atoms with Crippen LogP contribution in [0.2, 0.25) is 5.02 Å². The number of aryl methyl sites for hydroxylation is 1. The first kappa shape index (κ1) is 16.0. The van der Waals surface area contributed by atoms with Gasteiger partial charge in [-0.05, 0) is 43.9 Å². The maximum atomic E-state index is 6.19. The third kappa shape index (κ3) is 3.05. The SMILES string of the molecule is Cc1[nH]c2ccc(Cl)cc2c1-c1csc(N[C@@H]2CCC[C@H](C)C2)n1. The number of halogens is 1. The maximum Gasteiger partial charge on any atom is 0.183 e. The summed E-state index contributed by atoms with van der Waals surface area (Å²) in [5, 5.41) is 8.71. The molecule has 1 aliphatic carbocycles. The van der Waals surface area contributed by atoms with Crippen molar-refractivity contribution in [2.45, 2.75) is 45.6 Å². The highest BCUT2D eigenvalue weighted by Gasteiger charge is 2.20. The smallest absolute Gasteiger partial charge is 0.183 e. The number of nitrogens with one attached hydrogen (secondary N) is 2. The normalized spacial score (nSPS) is 21.3. The summed E-state index contributed by atoms with van der Waals surface area (Å²) in [6.07, 6.45) is 5.17. The molecule has 1 fully saturated rings. The zero-order chi connectivity index (χ0) is 16.7. The predicted octanol–water partition coefficient (Wildman–Crippen LogP) is 6.24. The molecule has 0 aliphatic heterocycles. The summed E-state index contributed by atoms with van der Waals surface area (Å²) < 4.78 is 0. The van der Waals surface area contributed by atoms with Crippen molar-refractivity contribution in [3.63, 3.8) is 0 Å². The van der Waals surface area contributed by atoms with E-state index >= 15 is 0 Å². The fourth-order valence-corrected chi connectivity index (χ4v) is 4.78. The molecular weight excluding hydrogens is 338 g/mol. The van der Waals surface area contributed by atoms with Gasteiger partial charge in [0.2, 0.25) is 0 Å². The van der Waals surface area contributed by atoms with Crippen LogP contribution in [0.25, 0.3) is 22.2 Å². The van der Waals surface area contributed by atoms with E-state index in [1.54, 1.807) is 11.3 Å². The number of nitrogens with zero attached hydrogens (tertiary/aromatic N) is 1. The Bertz CT molecular complexity index is 867. The van der Waals surface area contributed by atoms with Gasteiger partial charge in [0.25, 0.3) is 0 Å². The first-order valence-corrected chi connectivity index (χ1v) is 9.86. The summed E-state index contributed by atoms with van der Waals surface area (Å²) in [6.45, 7) is 4.44. The van der Waals surface area contributed by atoms with Crippen LogP contribution in [0.5, 0.6) is 0 Å². The molecule has 0 unspecified atom stereocenters. The number of H-pyrrole nitrogens is 1. The average molecular weight is 360 g/mol. The van der Waals surface area contributed by atoms with E-state index in [1.807, 2.05) is 18.2 Å². The average Bonchev–Trinajstić information content (AvgIpc) is 3.10. The van der Waals surface area contributed by atoms with E-state index in [2.05, 4.69) is 29.5 Å². The number of aromatic nitrogens is 2. The molecule has 1 saturated carbocycles. The Hall–Kier alpha value is -1.52. The lowest BCUT2D eigenvalue weighted by Crippen LogP contribution is -2.26. The Morgan fingerprint density at radius 1 is 1.33 bits per heavy atom. The first-order valence-electron chi connectivity index (χ1n) is 8.60. The van der Waals surface area contributed by atoms with Gasteiger partial charge in [0.1, 0.15) is 0 Å². The van der Waals surface area contributed by atoms with E-state index in [9.17, 15) is 0 Å². The van der Waals surface area contributed by atoms with Gasteiger partial charge in [-0.3, -0.25) is 0 Å². The first-order chi connectivity index (χ1) is 11.6. The maximum absolute atomic E-state index is 6.19. The summed E-state index contributed by atoms with van der Waals surface area (Å²) in [5.74, 6) is 0.814. The standard InChI is InChI=1S/C19H22ClN3S/c1-11-4-3-5-14(8-11)22-19-23-17(10-24-19)18-12(2)21-16-7-6-13(20)9-15(16)18/h6-7,9-11,14,21H,3-5,8H2,1-2H3,(H,22,23)/t11-,14+/m0/s1. The Balaban J connectivity index is 1.63. The molecule has 2 heterocycles. The third-order valence-electron chi connectivity index (χ3n) is 4.97. The number of hydrogen-bond acceptors (Lipinski definition) is 3. The Morgan fingerprint density at radius 2 is 2.21 bits per heavy atom. The lowest BCUT2D eigenvalue weighted by atomic mass is 9.87. The molecule has 0 amide bonds. The minimum absolute atomic E-state index is 0.561. The van der Waals surface area contributed by atoms with Gasteiger partial charge in [-0.15, -0.1) is 11.3 Å². The van der Waals surface area contributed by atoms with Crippen LogP contribution in [0.4, 0.5) is 5.13 Å². The van der Waals surface area contributed by atoms with Crippen LogP contribution >= 0.6 is 22.9 Å². The van der Waals surface area contributed by atoms with Crippen LogP contribution < -0.4 is 5.32 Å². The molecule has 5 heteroatoms. The number of fused-ring (bicyclic) bond motifs is 1. The van der Waals surface area contributed by atoms with Crippen molar-refractivity contribution in [3.05, 3.63) is 34.3 Å². The van der Waals surface area contributed by atoms with Gasteiger partial charge in [-0.2, -0.15) is 0 Å². The monoisotopic (exact) mass is 359 g/mol. The zero-order valence-electron chi connectivity index (χ0n) is 14.0. The van der Waals surface area contributed by atoms with Crippen molar-refractivity contribution in [2.75, 3.05) is 5.32 Å². The van der Waals surface area contributed by atoms with Gasteiger partial charge in [0.05, 0.1) is 5.69 Å². The van der Waals surface area contributed by atoms with E-state index in [-0.39, 0.29) is 0 Å². The molecular formula is C19H22ClN3S. The van der Waals surface area contributed by atoms with Gasteiger partial charge >= 0.3 is 0 Å². The zero-order valence-corrected chi connectivity index (χ0v) is 15.6. The molecule has 3 aromatic rings. The predicted molar refractivity (Wildman–Crippen MR) is 104 cm³/mol. The van der Waals surface area contributed by atoms with Gasteiger partial charge < -0.3 is 10.3 Å². The van der Waals surface area contributed by atoms with Crippen LogP contribution in [-0.4, -0.2) is 16.0 Å². The lowest BCUT2D eigenvalue weighted by Gasteiger charge is -2.27. The number of benzene rings is 1. The highest BCUT2D eigenvalue weighted by Crippen LogP contribution is 2.36. The fourth-order valence-electron chi connectivity index (χ4n) is 3.82. The van der Waals surface area contributed by atoms with E-state index in [1.165, 1.54) is 25.7 Å². The molecule has 0 bridgehead atoms. The van der Waals surface area contributed by atoms with Crippen molar-refractivity contribution < 1.29 is 0 Å². The molecule has 0 spiro atoms. The Kier molecular flexibility index (Phi) is 4.27. The molecule has 1 aliphatic rings. The molecule has 4 rings (SSSR count).